The summed E-state index contributed by atoms with van der Waals surface area (Å²) in [5.41, 5.74) is 2.31. The van der Waals surface area contributed by atoms with Gasteiger partial charge in [-0.3, -0.25) is 19.6 Å². The van der Waals surface area contributed by atoms with Crippen LogP contribution >= 0.6 is 11.3 Å². The molecule has 5 rings (SSSR count). The lowest BCUT2D eigenvalue weighted by Gasteiger charge is -2.10. The van der Waals surface area contributed by atoms with Crippen molar-refractivity contribution in [1.29, 1.82) is 0 Å². The van der Waals surface area contributed by atoms with Crippen LogP contribution in [0.15, 0.2) is 77.7 Å². The number of nitrogens with one attached hydrogen (secondary N) is 1. The van der Waals surface area contributed by atoms with E-state index in [4.69, 9.17) is 0 Å². The number of anilines is 1. The average molecular weight is 401 g/mol. The molecule has 8 heteroatoms. The molecule has 7 nitrogen and oxygen atoms in total. The number of carbonyl (C=O) groups is 1. The fraction of sp³-hybridized carbons (Fsp3) is 0.0476. The summed E-state index contributed by atoms with van der Waals surface area (Å²) in [6.45, 7) is 0.360. The van der Waals surface area contributed by atoms with E-state index in [-0.39, 0.29) is 11.5 Å². The van der Waals surface area contributed by atoms with E-state index in [0.29, 0.717) is 23.0 Å². The maximum absolute atomic E-state index is 13.1. The van der Waals surface area contributed by atoms with Gasteiger partial charge in [-0.1, -0.05) is 53.8 Å². The Morgan fingerprint density at radius 3 is 2.66 bits per heavy atom. The van der Waals surface area contributed by atoms with Crippen molar-refractivity contribution in [3.63, 3.8) is 0 Å². The number of thiazole rings is 1. The van der Waals surface area contributed by atoms with Crippen LogP contribution in [0.25, 0.3) is 15.9 Å². The Morgan fingerprint density at radius 2 is 1.83 bits per heavy atom. The summed E-state index contributed by atoms with van der Waals surface area (Å²) in [6.07, 6.45) is 1.44. The van der Waals surface area contributed by atoms with E-state index in [9.17, 15) is 9.59 Å². The first kappa shape index (κ1) is 17.3. The van der Waals surface area contributed by atoms with Crippen molar-refractivity contribution in [3.8, 4) is 0 Å². The first-order valence-corrected chi connectivity index (χ1v) is 9.79. The Balaban J connectivity index is 1.57. The molecule has 0 spiro atoms. The first-order valence-electron chi connectivity index (χ1n) is 8.97. The second-order valence-electron chi connectivity index (χ2n) is 6.47. The highest BCUT2D eigenvalue weighted by Gasteiger charge is 2.19. The quantitative estimate of drug-likeness (QED) is 0.500. The second kappa shape index (κ2) is 6.99. The summed E-state index contributed by atoms with van der Waals surface area (Å²) in [4.78, 5) is 34.2. The van der Waals surface area contributed by atoms with Gasteiger partial charge in [0.15, 0.2) is 10.8 Å². The molecule has 0 aliphatic heterocycles. The Labute approximate surface area is 168 Å². The molecular formula is C21H15N5O2S. The van der Waals surface area contributed by atoms with Crippen molar-refractivity contribution in [2.75, 3.05) is 5.32 Å². The van der Waals surface area contributed by atoms with Crippen molar-refractivity contribution in [3.05, 3.63) is 94.5 Å². The van der Waals surface area contributed by atoms with Crippen LogP contribution in [0.4, 0.5) is 5.13 Å². The number of para-hydroxylation sites is 1. The third-order valence-electron chi connectivity index (χ3n) is 4.56. The molecule has 1 N–H and O–H groups in total. The number of fused-ring (bicyclic) bond motifs is 2. The summed E-state index contributed by atoms with van der Waals surface area (Å²) >= 11 is 1.40. The van der Waals surface area contributed by atoms with Crippen LogP contribution < -0.4 is 10.9 Å². The number of carbonyl (C=O) groups excluding carboxylic acids is 1. The van der Waals surface area contributed by atoms with Gasteiger partial charge < -0.3 is 0 Å². The zero-order valence-electron chi connectivity index (χ0n) is 15.1. The Kier molecular flexibility index (Phi) is 4.18. The van der Waals surface area contributed by atoms with Gasteiger partial charge in [-0.2, -0.15) is 4.52 Å². The summed E-state index contributed by atoms with van der Waals surface area (Å²) in [7, 11) is 0. The molecule has 1 amide bonds. The van der Waals surface area contributed by atoms with Crippen molar-refractivity contribution in [1.82, 2.24) is 19.2 Å². The van der Waals surface area contributed by atoms with Gasteiger partial charge in [-0.05, 0) is 17.7 Å². The van der Waals surface area contributed by atoms with Crippen LogP contribution in [0.3, 0.4) is 0 Å². The van der Waals surface area contributed by atoms with E-state index in [1.807, 2.05) is 54.6 Å². The molecule has 142 valence electrons. The minimum absolute atomic E-state index is 0.245. The Hall–Kier alpha value is -3.78. The number of hydrogen-bond acceptors (Lipinski definition) is 5. The Morgan fingerprint density at radius 1 is 1.03 bits per heavy atom. The van der Waals surface area contributed by atoms with E-state index < -0.39 is 0 Å². The molecule has 29 heavy (non-hydrogen) atoms. The van der Waals surface area contributed by atoms with E-state index in [1.54, 1.807) is 10.7 Å². The molecule has 0 aliphatic rings. The van der Waals surface area contributed by atoms with Gasteiger partial charge in [0, 0.05) is 18.3 Å². The summed E-state index contributed by atoms with van der Waals surface area (Å²) in [5.74, 6) is -0.343. The average Bonchev–Trinajstić information content (AvgIpc) is 3.30. The highest BCUT2D eigenvalue weighted by atomic mass is 32.1. The van der Waals surface area contributed by atoms with Gasteiger partial charge >= 0.3 is 0 Å². The number of hydrogen-bond donors (Lipinski definition) is 1. The van der Waals surface area contributed by atoms with Crippen LogP contribution in [0.5, 0.6) is 0 Å². The third kappa shape index (κ3) is 3.19. The van der Waals surface area contributed by atoms with Gasteiger partial charge in [0.1, 0.15) is 5.69 Å². The number of nitrogens with zero attached hydrogens (tertiary/aromatic N) is 4. The molecule has 3 heterocycles. The van der Waals surface area contributed by atoms with Gasteiger partial charge in [0.2, 0.25) is 0 Å². The monoisotopic (exact) mass is 401 g/mol. The molecule has 5 aromatic rings. The van der Waals surface area contributed by atoms with Crippen LogP contribution in [0.2, 0.25) is 0 Å². The Bertz CT molecular complexity index is 1370. The maximum Gasteiger partial charge on any atom is 0.275 e. The number of benzene rings is 2. The van der Waals surface area contributed by atoms with Gasteiger partial charge in [-0.25, -0.2) is 9.97 Å². The van der Waals surface area contributed by atoms with Crippen molar-refractivity contribution in [2.45, 2.75) is 6.54 Å². The summed E-state index contributed by atoms with van der Waals surface area (Å²) in [6, 6.07) is 20.3. The maximum atomic E-state index is 13.1. The molecule has 3 aromatic heterocycles. The minimum atomic E-state index is -0.343. The topological polar surface area (TPSA) is 81.3 Å². The largest absolute Gasteiger partial charge is 0.296 e. The number of rotatable bonds is 4. The molecular weight excluding hydrogens is 386 g/mol. The van der Waals surface area contributed by atoms with E-state index in [0.717, 1.165) is 15.8 Å². The van der Waals surface area contributed by atoms with Gasteiger partial charge in [0.25, 0.3) is 11.5 Å². The van der Waals surface area contributed by atoms with Gasteiger partial charge in [0.05, 0.1) is 16.8 Å². The predicted molar refractivity (Wildman–Crippen MR) is 113 cm³/mol. The van der Waals surface area contributed by atoms with Crippen LogP contribution in [-0.2, 0) is 6.54 Å². The van der Waals surface area contributed by atoms with Crippen molar-refractivity contribution < 1.29 is 4.79 Å². The highest BCUT2D eigenvalue weighted by molar-refractivity contribution is 7.22. The lowest BCUT2D eigenvalue weighted by atomic mass is 10.2. The zero-order valence-corrected chi connectivity index (χ0v) is 16.0. The molecule has 0 fully saturated rings. The standard InChI is InChI=1S/C21H15N5O2S/c27-19-10-11-22-18-12-16(25(26(18)19)13-14-6-2-1-3-7-14)20(28)24-21-23-15-8-4-5-9-17(15)29-21/h1-12H,13H2,(H,23,24,28). The second-order valence-corrected chi connectivity index (χ2v) is 7.50. The molecule has 0 radical (unpaired) electrons. The fourth-order valence-corrected chi connectivity index (χ4v) is 4.10. The number of amides is 1. The lowest BCUT2D eigenvalue weighted by Crippen LogP contribution is -2.25. The van der Waals surface area contributed by atoms with E-state index >= 15 is 0 Å². The molecule has 2 aromatic carbocycles. The normalized spacial score (nSPS) is 11.2. The molecule has 0 atom stereocenters. The predicted octanol–water partition coefficient (Wildman–Crippen LogP) is 3.41. The fourth-order valence-electron chi connectivity index (χ4n) is 3.24. The third-order valence-corrected chi connectivity index (χ3v) is 5.51. The highest BCUT2D eigenvalue weighted by Crippen LogP contribution is 2.26. The summed E-state index contributed by atoms with van der Waals surface area (Å²) < 4.78 is 4.05. The van der Waals surface area contributed by atoms with Crippen molar-refractivity contribution in [2.24, 2.45) is 0 Å². The molecule has 0 bridgehead atoms. The lowest BCUT2D eigenvalue weighted by molar-refractivity contribution is 0.101. The van der Waals surface area contributed by atoms with Crippen LogP contribution in [0, 0.1) is 0 Å². The minimum Gasteiger partial charge on any atom is -0.296 e. The number of aromatic nitrogens is 4. The summed E-state index contributed by atoms with van der Waals surface area (Å²) in [5, 5.41) is 3.37. The molecule has 0 saturated heterocycles. The van der Waals surface area contributed by atoms with Crippen LogP contribution in [-0.4, -0.2) is 25.1 Å². The molecule has 0 aliphatic carbocycles. The molecule has 0 unspecified atom stereocenters. The van der Waals surface area contributed by atoms with Crippen LogP contribution in [0.1, 0.15) is 16.1 Å². The smallest absolute Gasteiger partial charge is 0.275 e. The first-order chi connectivity index (χ1) is 14.2. The van der Waals surface area contributed by atoms with Gasteiger partial charge in [-0.15, -0.1) is 0 Å². The van der Waals surface area contributed by atoms with E-state index in [2.05, 4.69) is 15.3 Å². The van der Waals surface area contributed by atoms with Crippen molar-refractivity contribution >= 4 is 38.2 Å². The molecule has 0 saturated carbocycles. The van der Waals surface area contributed by atoms with E-state index in [1.165, 1.54) is 28.1 Å². The SMILES string of the molecule is O=C(Nc1nc2ccccc2s1)c1cc2nccc(=O)n2n1Cc1ccccc1. The zero-order chi connectivity index (χ0) is 19.8.